The molecule has 4 heteroatoms. The number of hydrogen-bond donors (Lipinski definition) is 1. The van der Waals surface area contributed by atoms with Gasteiger partial charge in [-0.25, -0.2) is 0 Å². The predicted molar refractivity (Wildman–Crippen MR) is 77.6 cm³/mol. The molecule has 0 saturated heterocycles. The summed E-state index contributed by atoms with van der Waals surface area (Å²) < 4.78 is 10.9. The molecule has 0 radical (unpaired) electrons. The third-order valence-corrected chi connectivity index (χ3v) is 3.10. The van der Waals surface area contributed by atoms with Gasteiger partial charge in [-0.3, -0.25) is 0 Å². The first-order valence-corrected chi connectivity index (χ1v) is 6.20. The van der Waals surface area contributed by atoms with Crippen LogP contribution in [0, 0.1) is 18.3 Å². The second-order valence-corrected chi connectivity index (χ2v) is 4.41. The second-order valence-electron chi connectivity index (χ2n) is 4.41. The molecule has 0 amide bonds. The molecule has 0 aliphatic heterocycles. The maximum atomic E-state index is 9.05. The lowest BCUT2D eigenvalue weighted by Crippen LogP contribution is -2.00. The number of nitrogens with two attached hydrogens (primary N) is 1. The first kappa shape index (κ1) is 13.8. The fourth-order valence-corrected chi connectivity index (χ4v) is 1.88. The number of hydrogen-bond acceptors (Lipinski definition) is 4. The first-order chi connectivity index (χ1) is 9.65. The molecule has 102 valence electrons. The van der Waals surface area contributed by atoms with Crippen molar-refractivity contribution in [3.05, 3.63) is 53.1 Å². The van der Waals surface area contributed by atoms with Gasteiger partial charge in [0.05, 0.1) is 12.7 Å². The van der Waals surface area contributed by atoms with Crippen molar-refractivity contribution in [1.82, 2.24) is 0 Å². The standard InChI is InChI=1S/C16H16N2O2/c1-11-14(18)4-3-5-15(11)20-10-12-6-7-16(19-2)13(8-12)9-17/h3-8H,10,18H2,1-2H3. The number of nitriles is 1. The average Bonchev–Trinajstić information content (AvgIpc) is 2.48. The van der Waals surface area contributed by atoms with Crippen molar-refractivity contribution >= 4 is 5.69 Å². The van der Waals surface area contributed by atoms with Gasteiger partial charge < -0.3 is 15.2 Å². The Balaban J connectivity index is 2.15. The van der Waals surface area contributed by atoms with Crippen molar-refractivity contribution in [3.63, 3.8) is 0 Å². The van der Waals surface area contributed by atoms with E-state index in [1.165, 1.54) is 0 Å². The number of anilines is 1. The Hall–Kier alpha value is -2.67. The Bertz CT molecular complexity index is 660. The largest absolute Gasteiger partial charge is 0.495 e. The molecule has 0 heterocycles. The van der Waals surface area contributed by atoms with E-state index in [2.05, 4.69) is 6.07 Å². The molecule has 0 spiro atoms. The number of nitrogens with zero attached hydrogens (tertiary/aromatic N) is 1. The molecule has 0 saturated carbocycles. The Kier molecular flexibility index (Phi) is 4.11. The van der Waals surface area contributed by atoms with Crippen LogP contribution in [0.25, 0.3) is 0 Å². The molecule has 0 unspecified atom stereocenters. The summed E-state index contributed by atoms with van der Waals surface area (Å²) in [7, 11) is 1.54. The summed E-state index contributed by atoms with van der Waals surface area (Å²) in [5.74, 6) is 1.32. The molecule has 0 atom stereocenters. The quantitative estimate of drug-likeness (QED) is 0.865. The third-order valence-electron chi connectivity index (χ3n) is 3.10. The number of ether oxygens (including phenoxy) is 2. The minimum atomic E-state index is 0.378. The van der Waals surface area contributed by atoms with E-state index in [-0.39, 0.29) is 0 Å². The van der Waals surface area contributed by atoms with Crippen LogP contribution < -0.4 is 15.2 Å². The molecular formula is C16H16N2O2. The normalized spacial score (nSPS) is 9.85. The highest BCUT2D eigenvalue weighted by atomic mass is 16.5. The van der Waals surface area contributed by atoms with Gasteiger partial charge in [0.2, 0.25) is 0 Å². The average molecular weight is 268 g/mol. The zero-order chi connectivity index (χ0) is 14.5. The van der Waals surface area contributed by atoms with Crippen LogP contribution in [0.4, 0.5) is 5.69 Å². The van der Waals surface area contributed by atoms with Crippen LogP contribution in [0.2, 0.25) is 0 Å². The monoisotopic (exact) mass is 268 g/mol. The first-order valence-electron chi connectivity index (χ1n) is 6.20. The summed E-state index contributed by atoms with van der Waals surface area (Å²) in [6.07, 6.45) is 0. The topological polar surface area (TPSA) is 68.3 Å². The van der Waals surface area contributed by atoms with E-state index in [1.54, 1.807) is 19.2 Å². The molecule has 2 N–H and O–H groups in total. The van der Waals surface area contributed by atoms with Gasteiger partial charge in [-0.2, -0.15) is 5.26 Å². The zero-order valence-corrected chi connectivity index (χ0v) is 11.5. The van der Waals surface area contributed by atoms with Crippen molar-refractivity contribution in [2.45, 2.75) is 13.5 Å². The van der Waals surface area contributed by atoms with Crippen molar-refractivity contribution in [1.29, 1.82) is 5.26 Å². The van der Waals surface area contributed by atoms with Crippen LogP contribution in [-0.4, -0.2) is 7.11 Å². The Morgan fingerprint density at radius 3 is 2.70 bits per heavy atom. The lowest BCUT2D eigenvalue weighted by Gasteiger charge is -2.11. The van der Waals surface area contributed by atoms with Crippen molar-refractivity contribution < 1.29 is 9.47 Å². The summed E-state index contributed by atoms with van der Waals surface area (Å²) in [6, 6.07) is 13.1. The smallest absolute Gasteiger partial charge is 0.136 e. The van der Waals surface area contributed by atoms with Crippen LogP contribution in [-0.2, 0) is 6.61 Å². The van der Waals surface area contributed by atoms with Gasteiger partial charge in [0.15, 0.2) is 0 Å². The van der Waals surface area contributed by atoms with Gasteiger partial charge >= 0.3 is 0 Å². The van der Waals surface area contributed by atoms with Gasteiger partial charge in [-0.05, 0) is 36.8 Å². The minimum absolute atomic E-state index is 0.378. The second kappa shape index (κ2) is 5.98. The summed E-state index contributed by atoms with van der Waals surface area (Å²) in [5.41, 5.74) is 8.86. The van der Waals surface area contributed by atoms with Crippen molar-refractivity contribution in [2.75, 3.05) is 12.8 Å². The molecule has 2 aromatic rings. The number of benzene rings is 2. The lowest BCUT2D eigenvalue weighted by atomic mass is 10.1. The number of rotatable bonds is 4. The summed E-state index contributed by atoms with van der Waals surface area (Å²) in [4.78, 5) is 0. The molecule has 2 rings (SSSR count). The van der Waals surface area contributed by atoms with Gasteiger partial charge in [0.1, 0.15) is 24.2 Å². The molecule has 2 aromatic carbocycles. The van der Waals surface area contributed by atoms with E-state index < -0.39 is 0 Å². The lowest BCUT2D eigenvalue weighted by molar-refractivity contribution is 0.304. The Morgan fingerprint density at radius 1 is 1.20 bits per heavy atom. The highest BCUT2D eigenvalue weighted by molar-refractivity contribution is 5.53. The zero-order valence-electron chi connectivity index (χ0n) is 11.5. The maximum Gasteiger partial charge on any atom is 0.136 e. The minimum Gasteiger partial charge on any atom is -0.495 e. The fraction of sp³-hybridized carbons (Fsp3) is 0.188. The Labute approximate surface area is 118 Å². The summed E-state index contributed by atoms with van der Waals surface area (Å²) >= 11 is 0. The van der Waals surface area contributed by atoms with Crippen molar-refractivity contribution in [3.8, 4) is 17.6 Å². The van der Waals surface area contributed by atoms with Crippen LogP contribution in [0.3, 0.4) is 0 Å². The van der Waals surface area contributed by atoms with E-state index in [1.807, 2.05) is 31.2 Å². The van der Waals surface area contributed by atoms with E-state index >= 15 is 0 Å². The summed E-state index contributed by atoms with van der Waals surface area (Å²) in [5, 5.41) is 9.05. The van der Waals surface area contributed by atoms with Crippen molar-refractivity contribution in [2.24, 2.45) is 0 Å². The molecule has 0 aliphatic carbocycles. The number of nitrogen functional groups attached to an aromatic ring is 1. The van der Waals surface area contributed by atoms with E-state index in [4.69, 9.17) is 20.5 Å². The molecular weight excluding hydrogens is 252 g/mol. The van der Waals surface area contributed by atoms with Gasteiger partial charge in [-0.15, -0.1) is 0 Å². The Morgan fingerprint density at radius 2 is 2.00 bits per heavy atom. The van der Waals surface area contributed by atoms with Crippen LogP contribution >= 0.6 is 0 Å². The number of methoxy groups -OCH3 is 1. The van der Waals surface area contributed by atoms with Crippen LogP contribution in [0.1, 0.15) is 16.7 Å². The van der Waals surface area contributed by atoms with E-state index in [0.29, 0.717) is 23.6 Å². The van der Waals surface area contributed by atoms with Gasteiger partial charge in [0.25, 0.3) is 0 Å². The van der Waals surface area contributed by atoms with E-state index in [9.17, 15) is 0 Å². The summed E-state index contributed by atoms with van der Waals surface area (Å²) in [6.45, 7) is 2.29. The molecule has 0 fully saturated rings. The molecule has 0 aliphatic rings. The SMILES string of the molecule is COc1ccc(COc2cccc(N)c2C)cc1C#N. The van der Waals surface area contributed by atoms with Crippen LogP contribution in [0.15, 0.2) is 36.4 Å². The fourth-order valence-electron chi connectivity index (χ4n) is 1.88. The van der Waals surface area contributed by atoms with Crippen LogP contribution in [0.5, 0.6) is 11.5 Å². The molecule has 0 aromatic heterocycles. The van der Waals surface area contributed by atoms with Gasteiger partial charge in [-0.1, -0.05) is 12.1 Å². The molecule has 4 nitrogen and oxygen atoms in total. The molecule has 0 bridgehead atoms. The predicted octanol–water partition coefficient (Wildman–Crippen LogP) is 3.04. The highest BCUT2D eigenvalue weighted by Gasteiger charge is 2.06. The third kappa shape index (κ3) is 2.83. The highest BCUT2D eigenvalue weighted by Crippen LogP contribution is 2.25. The molecule has 20 heavy (non-hydrogen) atoms. The van der Waals surface area contributed by atoms with Gasteiger partial charge in [0, 0.05) is 11.3 Å². The maximum absolute atomic E-state index is 9.05. The van der Waals surface area contributed by atoms with E-state index in [0.717, 1.165) is 16.9 Å².